The van der Waals surface area contributed by atoms with Crippen LogP contribution in [0.2, 0.25) is 0 Å². The Labute approximate surface area is 238 Å². The molecule has 1 aromatic heterocycles. The molecular formula is C31H36N4O6. The molecule has 1 aliphatic rings. The lowest BCUT2D eigenvalue weighted by Gasteiger charge is -2.26. The Morgan fingerprint density at radius 3 is 2.37 bits per heavy atom. The van der Waals surface area contributed by atoms with Crippen LogP contribution in [-0.2, 0) is 27.4 Å². The molecular weight excluding hydrogens is 524 g/mol. The summed E-state index contributed by atoms with van der Waals surface area (Å²) in [7, 11) is 1.54. The Kier molecular flexibility index (Phi) is 9.89. The molecule has 0 aliphatic heterocycles. The number of primary amides is 1. The van der Waals surface area contributed by atoms with Gasteiger partial charge in [0.15, 0.2) is 0 Å². The zero-order valence-electron chi connectivity index (χ0n) is 23.4. The first-order chi connectivity index (χ1) is 19.8. The Morgan fingerprint density at radius 2 is 1.73 bits per heavy atom. The van der Waals surface area contributed by atoms with E-state index in [-0.39, 0.29) is 36.2 Å². The van der Waals surface area contributed by atoms with E-state index in [9.17, 15) is 19.2 Å². The fourth-order valence-corrected chi connectivity index (χ4v) is 5.10. The van der Waals surface area contributed by atoms with Crippen molar-refractivity contribution in [1.29, 1.82) is 0 Å². The molecule has 10 heteroatoms. The van der Waals surface area contributed by atoms with E-state index < -0.39 is 35.8 Å². The second kappa shape index (κ2) is 13.7. The van der Waals surface area contributed by atoms with Gasteiger partial charge >= 0.3 is 5.97 Å². The van der Waals surface area contributed by atoms with Gasteiger partial charge in [0.1, 0.15) is 29.4 Å². The summed E-state index contributed by atoms with van der Waals surface area (Å²) in [5, 5.41) is 3.07. The fraction of sp³-hybridized carbons (Fsp3) is 0.387. The van der Waals surface area contributed by atoms with Crippen molar-refractivity contribution in [3.63, 3.8) is 0 Å². The molecule has 2 amide bonds. The number of rotatable bonds is 11. The van der Waals surface area contributed by atoms with Gasteiger partial charge in [0.05, 0.1) is 13.5 Å². The standard InChI is InChI=1S/C31H36N4O6/c1-20(17-26(32)36)35-29(30(38)33-23-11-7-4-8-12-23)28(22-13-15-24(40-2)16-14-22)34-25(31(35)39)18-27(37)41-19-21-9-5-3-6-10-21/h3,5-6,9-10,13-16,20,23H,4,7-8,11-12,17-19H2,1-2H3,(H2,32,36)(H,33,38). The molecule has 1 fully saturated rings. The Balaban J connectivity index is 1.79. The van der Waals surface area contributed by atoms with Gasteiger partial charge in [-0.2, -0.15) is 0 Å². The van der Waals surface area contributed by atoms with Crippen LogP contribution in [0.4, 0.5) is 0 Å². The van der Waals surface area contributed by atoms with Crippen molar-refractivity contribution >= 4 is 17.8 Å². The van der Waals surface area contributed by atoms with E-state index in [0.29, 0.717) is 11.3 Å². The van der Waals surface area contributed by atoms with Gasteiger partial charge < -0.3 is 20.5 Å². The molecule has 1 unspecified atom stereocenters. The highest BCUT2D eigenvalue weighted by molar-refractivity contribution is 5.98. The van der Waals surface area contributed by atoms with Crippen LogP contribution in [0.3, 0.4) is 0 Å². The molecule has 1 saturated carbocycles. The molecule has 3 N–H and O–H groups in total. The third-order valence-corrected chi connectivity index (χ3v) is 7.19. The van der Waals surface area contributed by atoms with E-state index >= 15 is 0 Å². The van der Waals surface area contributed by atoms with Crippen LogP contribution < -0.4 is 21.3 Å². The molecule has 1 heterocycles. The van der Waals surface area contributed by atoms with E-state index in [2.05, 4.69) is 10.3 Å². The zero-order valence-corrected chi connectivity index (χ0v) is 23.4. The maximum atomic E-state index is 13.8. The second-order valence-corrected chi connectivity index (χ2v) is 10.3. The van der Waals surface area contributed by atoms with Crippen molar-refractivity contribution in [3.05, 3.63) is 81.9 Å². The van der Waals surface area contributed by atoms with Gasteiger partial charge in [-0.25, -0.2) is 4.98 Å². The number of aromatic nitrogens is 2. The van der Waals surface area contributed by atoms with Crippen LogP contribution in [0.25, 0.3) is 11.3 Å². The van der Waals surface area contributed by atoms with E-state index in [1.54, 1.807) is 38.3 Å². The van der Waals surface area contributed by atoms with Crippen LogP contribution in [0.15, 0.2) is 59.4 Å². The molecule has 2 aromatic carbocycles. The minimum absolute atomic E-state index is 0.0147. The number of esters is 1. The molecule has 4 rings (SSSR count). The van der Waals surface area contributed by atoms with Crippen LogP contribution in [0, 0.1) is 0 Å². The largest absolute Gasteiger partial charge is 0.497 e. The molecule has 1 aliphatic carbocycles. The van der Waals surface area contributed by atoms with Gasteiger partial charge in [0, 0.05) is 24.1 Å². The lowest BCUT2D eigenvalue weighted by Crippen LogP contribution is -2.42. The molecule has 10 nitrogen and oxygen atoms in total. The maximum absolute atomic E-state index is 13.8. The number of amides is 2. The Hall–Kier alpha value is -4.47. The average Bonchev–Trinajstić information content (AvgIpc) is 2.97. The van der Waals surface area contributed by atoms with Crippen molar-refractivity contribution in [2.75, 3.05) is 7.11 Å². The normalized spacial score (nSPS) is 14.2. The van der Waals surface area contributed by atoms with Gasteiger partial charge in [0.2, 0.25) is 5.91 Å². The van der Waals surface area contributed by atoms with Crippen molar-refractivity contribution in [1.82, 2.24) is 14.9 Å². The Bertz CT molecular complexity index is 1430. The van der Waals surface area contributed by atoms with Crippen molar-refractivity contribution in [2.45, 2.75) is 70.6 Å². The quantitative estimate of drug-likeness (QED) is 0.341. The van der Waals surface area contributed by atoms with Gasteiger partial charge in [-0.15, -0.1) is 0 Å². The van der Waals surface area contributed by atoms with Gasteiger partial charge in [-0.3, -0.25) is 23.7 Å². The number of hydrogen-bond acceptors (Lipinski definition) is 7. The van der Waals surface area contributed by atoms with E-state index in [1.165, 1.54) is 4.57 Å². The second-order valence-electron chi connectivity index (χ2n) is 10.3. The molecule has 0 spiro atoms. The van der Waals surface area contributed by atoms with Crippen molar-refractivity contribution in [3.8, 4) is 17.0 Å². The molecule has 3 aromatic rings. The summed E-state index contributed by atoms with van der Waals surface area (Å²) in [6, 6.07) is 15.3. The summed E-state index contributed by atoms with van der Waals surface area (Å²) in [6.45, 7) is 1.68. The topological polar surface area (TPSA) is 143 Å². The lowest BCUT2D eigenvalue weighted by atomic mass is 9.95. The van der Waals surface area contributed by atoms with E-state index in [1.807, 2.05) is 30.3 Å². The highest BCUT2D eigenvalue weighted by atomic mass is 16.5. The monoisotopic (exact) mass is 560 g/mol. The van der Waals surface area contributed by atoms with Crippen molar-refractivity contribution in [2.24, 2.45) is 5.73 Å². The number of hydrogen-bond donors (Lipinski definition) is 2. The summed E-state index contributed by atoms with van der Waals surface area (Å²) >= 11 is 0. The number of methoxy groups -OCH3 is 1. The number of ether oxygens (including phenoxy) is 2. The predicted octanol–water partition coefficient (Wildman–Crippen LogP) is 3.70. The van der Waals surface area contributed by atoms with Crippen LogP contribution in [0.5, 0.6) is 5.75 Å². The highest BCUT2D eigenvalue weighted by Crippen LogP contribution is 2.27. The smallest absolute Gasteiger partial charge is 0.312 e. The average molecular weight is 561 g/mol. The number of nitrogens with one attached hydrogen (secondary N) is 1. The summed E-state index contributed by atoms with van der Waals surface area (Å²) in [5.41, 5.74) is 6.31. The zero-order chi connectivity index (χ0) is 29.4. The number of carbonyl (C=O) groups excluding carboxylic acids is 3. The lowest BCUT2D eigenvalue weighted by molar-refractivity contribution is -0.144. The summed E-state index contributed by atoms with van der Waals surface area (Å²) in [5.74, 6) is -1.15. The number of benzene rings is 2. The third kappa shape index (κ3) is 7.59. The van der Waals surface area contributed by atoms with E-state index in [4.69, 9.17) is 15.2 Å². The number of nitrogens with zero attached hydrogens (tertiary/aromatic N) is 2. The van der Waals surface area contributed by atoms with Crippen LogP contribution in [-0.4, -0.2) is 40.5 Å². The summed E-state index contributed by atoms with van der Waals surface area (Å²) in [6.07, 6.45) is 4.19. The molecule has 1 atom stereocenters. The maximum Gasteiger partial charge on any atom is 0.312 e. The Morgan fingerprint density at radius 1 is 1.05 bits per heavy atom. The van der Waals surface area contributed by atoms with Gasteiger partial charge in [-0.1, -0.05) is 49.6 Å². The molecule has 0 saturated heterocycles. The SMILES string of the molecule is COc1ccc(-c2nc(CC(=O)OCc3ccccc3)c(=O)n(C(C)CC(N)=O)c2C(=O)NC2CCCCC2)cc1. The third-order valence-electron chi connectivity index (χ3n) is 7.19. The summed E-state index contributed by atoms with van der Waals surface area (Å²) < 4.78 is 11.9. The molecule has 216 valence electrons. The first kappa shape index (κ1) is 29.5. The van der Waals surface area contributed by atoms with Gasteiger partial charge in [0.25, 0.3) is 11.5 Å². The molecule has 41 heavy (non-hydrogen) atoms. The summed E-state index contributed by atoms with van der Waals surface area (Å²) in [4.78, 5) is 57.0. The molecule has 0 bridgehead atoms. The first-order valence-electron chi connectivity index (χ1n) is 13.9. The first-order valence-corrected chi connectivity index (χ1v) is 13.9. The predicted molar refractivity (Wildman–Crippen MR) is 153 cm³/mol. The van der Waals surface area contributed by atoms with Crippen molar-refractivity contribution < 1.29 is 23.9 Å². The highest BCUT2D eigenvalue weighted by Gasteiger charge is 2.29. The van der Waals surface area contributed by atoms with Crippen LogP contribution in [0.1, 0.15) is 73.2 Å². The number of carbonyl (C=O) groups is 3. The minimum Gasteiger partial charge on any atom is -0.497 e. The van der Waals surface area contributed by atoms with E-state index in [0.717, 1.165) is 37.7 Å². The minimum atomic E-state index is -0.772. The van der Waals surface area contributed by atoms with Gasteiger partial charge in [-0.05, 0) is 49.6 Å². The van der Waals surface area contributed by atoms with Crippen LogP contribution >= 0.6 is 0 Å². The molecule has 0 radical (unpaired) electrons. The fourth-order valence-electron chi connectivity index (χ4n) is 5.10. The number of nitrogens with two attached hydrogens (primary N) is 1.